The van der Waals surface area contributed by atoms with Crippen LogP contribution in [0.25, 0.3) is 11.4 Å². The molecule has 0 radical (unpaired) electrons. The van der Waals surface area contributed by atoms with Crippen molar-refractivity contribution in [2.24, 2.45) is 0 Å². The second-order valence-corrected chi connectivity index (χ2v) is 14.0. The Morgan fingerprint density at radius 3 is 0.804 bits per heavy atom. The molecule has 6 rings (SSSR count). The minimum absolute atomic E-state index is 0.282. The van der Waals surface area contributed by atoms with Crippen LogP contribution >= 0.6 is 0 Å². The van der Waals surface area contributed by atoms with Crippen LogP contribution in [0.15, 0.2) is 157 Å². The average molecular weight is 739 g/mol. The van der Waals surface area contributed by atoms with Gasteiger partial charge in [0.25, 0.3) is 0 Å². The maximum Gasteiger partial charge on any atom is 0.152 e. The predicted molar refractivity (Wildman–Crippen MR) is 235 cm³/mol. The van der Waals surface area contributed by atoms with Crippen LogP contribution in [0.2, 0.25) is 0 Å². The van der Waals surface area contributed by atoms with E-state index in [0.29, 0.717) is 24.5 Å². The van der Waals surface area contributed by atoms with E-state index in [1.165, 1.54) is 22.3 Å². The monoisotopic (exact) mass is 738 g/mol. The summed E-state index contributed by atoms with van der Waals surface area (Å²) in [5, 5.41) is 6.83. The summed E-state index contributed by atoms with van der Waals surface area (Å²) < 4.78 is 0. The summed E-state index contributed by atoms with van der Waals surface area (Å²) in [7, 11) is 0. The van der Waals surface area contributed by atoms with Crippen LogP contribution in [0.1, 0.15) is 47.2 Å². The third-order valence-corrected chi connectivity index (χ3v) is 9.77. The zero-order valence-corrected chi connectivity index (χ0v) is 33.1. The lowest BCUT2D eigenvalue weighted by Crippen LogP contribution is -2.20. The molecule has 2 N–H and O–H groups in total. The van der Waals surface area contributed by atoms with Gasteiger partial charge in [0.15, 0.2) is 12.6 Å². The Bertz CT molecular complexity index is 2050. The van der Waals surface area contributed by atoms with E-state index in [1.54, 1.807) is 0 Å². The predicted octanol–water partition coefficient (Wildman–Crippen LogP) is 11.6. The Morgan fingerprint density at radius 1 is 0.393 bits per heavy atom. The van der Waals surface area contributed by atoms with Crippen molar-refractivity contribution in [1.29, 1.82) is 0 Å². The van der Waals surface area contributed by atoms with Crippen molar-refractivity contribution >= 4 is 58.1 Å². The van der Waals surface area contributed by atoms with E-state index in [-0.39, 0.29) is 11.1 Å². The van der Waals surface area contributed by atoms with Gasteiger partial charge in [-0.1, -0.05) is 95.1 Å². The Labute approximate surface area is 331 Å². The van der Waals surface area contributed by atoms with Crippen LogP contribution in [-0.4, -0.2) is 25.7 Å². The highest BCUT2D eigenvalue weighted by atomic mass is 16.1. The number of aryl methyl sites for hydroxylation is 4. The van der Waals surface area contributed by atoms with Gasteiger partial charge in [0, 0.05) is 47.2 Å². The molecule has 56 heavy (non-hydrogen) atoms. The van der Waals surface area contributed by atoms with Crippen molar-refractivity contribution in [3.8, 4) is 0 Å². The van der Waals surface area contributed by atoms with E-state index in [4.69, 9.17) is 0 Å². The van der Waals surface area contributed by atoms with Crippen molar-refractivity contribution < 1.29 is 9.59 Å². The molecule has 0 aliphatic rings. The zero-order valence-electron chi connectivity index (χ0n) is 33.1. The summed E-state index contributed by atoms with van der Waals surface area (Å²) in [5.74, 6) is 0. The maximum atomic E-state index is 13.1. The highest BCUT2D eigenvalue weighted by Gasteiger charge is 2.20. The number of carbonyl (C=O) groups excluding carboxylic acids is 2. The van der Waals surface area contributed by atoms with Gasteiger partial charge < -0.3 is 20.4 Å². The van der Waals surface area contributed by atoms with Crippen LogP contribution in [0.5, 0.6) is 0 Å². The average Bonchev–Trinajstić information content (AvgIpc) is 3.22. The highest BCUT2D eigenvalue weighted by molar-refractivity contribution is 6.07. The molecule has 0 bridgehead atoms. The number of benzene rings is 6. The molecule has 0 fully saturated rings. The lowest BCUT2D eigenvalue weighted by atomic mass is 9.96. The fraction of sp³-hybridized carbons (Fsp3) is 0.160. The minimum Gasteiger partial charge on any atom is -0.384 e. The number of aldehydes is 2. The topological polar surface area (TPSA) is 64.7 Å². The van der Waals surface area contributed by atoms with Gasteiger partial charge in [-0.2, -0.15) is 0 Å². The maximum absolute atomic E-state index is 13.1. The lowest BCUT2D eigenvalue weighted by Gasteiger charge is -2.26. The molecule has 282 valence electrons. The Balaban J connectivity index is 1.42. The Hall–Kier alpha value is -6.66. The first-order chi connectivity index (χ1) is 27.2. The minimum atomic E-state index is 0.282. The lowest BCUT2D eigenvalue weighted by molar-refractivity contribution is -0.107. The van der Waals surface area contributed by atoms with Gasteiger partial charge >= 0.3 is 0 Å². The molecular formula is C50H50N4O2. The smallest absolute Gasteiger partial charge is 0.152 e. The number of rotatable bonds is 15. The SMILES string of the molecule is CCN/C(=C(C=O)\C(C=O)=C(/NCC)c1ccc(N(c2ccc(C)cc2)c2ccc(C)cc2)cc1)c1ccc(N(c2ccc(C)cc2)c2ccc(C)cc2)cc1. The molecule has 6 nitrogen and oxygen atoms in total. The van der Waals surface area contributed by atoms with E-state index in [9.17, 15) is 9.59 Å². The van der Waals surface area contributed by atoms with Gasteiger partial charge in [-0.3, -0.25) is 9.59 Å². The largest absolute Gasteiger partial charge is 0.384 e. The molecule has 0 saturated heterocycles. The summed E-state index contributed by atoms with van der Waals surface area (Å²) in [6, 6.07) is 50.1. The van der Waals surface area contributed by atoms with Crippen LogP contribution in [0, 0.1) is 27.7 Å². The first kappa shape index (κ1) is 39.0. The number of hydrogen-bond acceptors (Lipinski definition) is 6. The van der Waals surface area contributed by atoms with Gasteiger partial charge in [0.1, 0.15) is 0 Å². The van der Waals surface area contributed by atoms with Crippen molar-refractivity contribution in [2.75, 3.05) is 22.9 Å². The van der Waals surface area contributed by atoms with Crippen molar-refractivity contribution in [1.82, 2.24) is 10.6 Å². The van der Waals surface area contributed by atoms with Crippen molar-refractivity contribution in [3.63, 3.8) is 0 Å². The Morgan fingerprint density at radius 2 is 0.607 bits per heavy atom. The van der Waals surface area contributed by atoms with Crippen molar-refractivity contribution in [2.45, 2.75) is 41.5 Å². The molecule has 0 spiro atoms. The third-order valence-electron chi connectivity index (χ3n) is 9.77. The van der Waals surface area contributed by atoms with E-state index < -0.39 is 0 Å². The molecule has 0 heterocycles. The first-order valence-electron chi connectivity index (χ1n) is 19.2. The number of carbonyl (C=O) groups is 2. The molecule has 6 heteroatoms. The van der Waals surface area contributed by atoms with Gasteiger partial charge in [-0.05, 0) is 125 Å². The summed E-state index contributed by atoms with van der Waals surface area (Å²) in [4.78, 5) is 30.6. The number of hydrogen-bond donors (Lipinski definition) is 2. The molecule has 0 atom stereocenters. The van der Waals surface area contributed by atoms with Crippen LogP contribution in [0.4, 0.5) is 34.1 Å². The molecule has 0 amide bonds. The second kappa shape index (κ2) is 18.1. The molecule has 0 saturated carbocycles. The number of nitrogens with zero attached hydrogens (tertiary/aromatic N) is 2. The summed E-state index contributed by atoms with van der Waals surface area (Å²) >= 11 is 0. The molecular weight excluding hydrogens is 689 g/mol. The first-order valence-corrected chi connectivity index (χ1v) is 19.2. The van der Waals surface area contributed by atoms with Gasteiger partial charge in [-0.15, -0.1) is 0 Å². The molecule has 0 unspecified atom stereocenters. The van der Waals surface area contributed by atoms with Gasteiger partial charge in [-0.25, -0.2) is 0 Å². The zero-order chi connectivity index (χ0) is 39.6. The van der Waals surface area contributed by atoms with Crippen molar-refractivity contribution in [3.05, 3.63) is 190 Å². The number of anilines is 6. The molecule has 0 aliphatic carbocycles. The fourth-order valence-electron chi connectivity index (χ4n) is 6.80. The van der Waals surface area contributed by atoms with E-state index in [2.05, 4.69) is 169 Å². The van der Waals surface area contributed by atoms with Crippen LogP contribution in [0.3, 0.4) is 0 Å². The van der Waals surface area contributed by atoms with Gasteiger partial charge in [0.05, 0.1) is 22.5 Å². The second-order valence-electron chi connectivity index (χ2n) is 14.0. The Kier molecular flexibility index (Phi) is 12.6. The normalized spacial score (nSPS) is 11.9. The van der Waals surface area contributed by atoms with Gasteiger partial charge in [0.2, 0.25) is 0 Å². The molecule has 0 aromatic heterocycles. The van der Waals surface area contributed by atoms with Crippen LogP contribution in [-0.2, 0) is 9.59 Å². The quantitative estimate of drug-likeness (QED) is 0.0621. The number of nitrogens with one attached hydrogen (secondary N) is 2. The molecule has 0 aliphatic heterocycles. The fourth-order valence-corrected chi connectivity index (χ4v) is 6.80. The van der Waals surface area contributed by atoms with E-state index in [1.807, 2.05) is 38.1 Å². The van der Waals surface area contributed by atoms with E-state index >= 15 is 0 Å². The molecule has 6 aromatic rings. The summed E-state index contributed by atoms with van der Waals surface area (Å²) in [5.41, 5.74) is 14.2. The highest BCUT2D eigenvalue weighted by Crippen LogP contribution is 2.38. The van der Waals surface area contributed by atoms with E-state index in [0.717, 1.165) is 57.8 Å². The molecule has 6 aromatic carbocycles. The number of allylic oxidation sites excluding steroid dienone is 2. The third kappa shape index (κ3) is 8.82. The van der Waals surface area contributed by atoms with Crippen LogP contribution < -0.4 is 20.4 Å². The standard InChI is InChI=1S/C50H50N4O2/c1-7-51-49(39-17-29-45(30-18-39)53(41-21-9-35(3)10-22-41)42-23-11-36(4)12-24-42)47(33-55)48(34-56)50(52-8-2)40-19-31-46(32-20-40)54(43-25-13-37(5)14-26-43)44-27-15-38(6)16-28-44/h9-34,51-52H,7-8H2,1-6H3/b49-47-,50-48-. The summed E-state index contributed by atoms with van der Waals surface area (Å²) in [6.07, 6.45) is 1.56. The summed E-state index contributed by atoms with van der Waals surface area (Å²) in [6.45, 7) is 13.4.